The van der Waals surface area contributed by atoms with Crippen LogP contribution < -0.4 is 4.72 Å². The number of hydrogen-bond donors (Lipinski definition) is 1. The number of hydrogen-bond acceptors (Lipinski definition) is 6. The maximum Gasteiger partial charge on any atom is 0.284 e. The molecule has 2 heterocycles. The fourth-order valence-corrected chi connectivity index (χ4v) is 4.40. The van der Waals surface area contributed by atoms with Crippen LogP contribution in [0.1, 0.15) is 40.0 Å². The zero-order chi connectivity index (χ0) is 18.0. The van der Waals surface area contributed by atoms with Gasteiger partial charge in [0.25, 0.3) is 5.91 Å². The Morgan fingerprint density at radius 2 is 2.08 bits per heavy atom. The molecule has 1 aromatic heterocycles. The number of amides is 1. The van der Waals surface area contributed by atoms with E-state index in [2.05, 4.69) is 4.98 Å². The van der Waals surface area contributed by atoms with Gasteiger partial charge in [-0.15, -0.1) is 11.3 Å². The number of sulfonamides is 1. The summed E-state index contributed by atoms with van der Waals surface area (Å²) in [7, 11) is -4.28. The molecule has 0 spiro atoms. The molecule has 1 N–H and O–H groups in total. The number of carbonyl (C=O) groups excluding carboxylic acids is 1. The van der Waals surface area contributed by atoms with Crippen molar-refractivity contribution in [2.45, 2.75) is 24.7 Å². The maximum absolute atomic E-state index is 13.6. The highest BCUT2D eigenvalue weighted by atomic mass is 32.2. The molecule has 134 valence electrons. The number of aromatic nitrogens is 1. The molecule has 0 saturated carbocycles. The van der Waals surface area contributed by atoms with E-state index in [1.54, 1.807) is 4.72 Å². The first-order chi connectivity index (χ1) is 11.9. The SMILES string of the molecule is O=C(NS(=O)(=O)Cc1c(F)cccc1F)c1csc(C2CCCO2)n1. The lowest BCUT2D eigenvalue weighted by atomic mass is 10.2. The van der Waals surface area contributed by atoms with Crippen LogP contribution in [0.3, 0.4) is 0 Å². The summed E-state index contributed by atoms with van der Waals surface area (Å²) in [5.74, 6) is -3.92. The highest BCUT2D eigenvalue weighted by molar-refractivity contribution is 7.89. The minimum absolute atomic E-state index is 0.0759. The molecule has 25 heavy (non-hydrogen) atoms. The van der Waals surface area contributed by atoms with E-state index in [-0.39, 0.29) is 11.8 Å². The van der Waals surface area contributed by atoms with E-state index in [4.69, 9.17) is 4.74 Å². The second-order valence-corrected chi connectivity index (χ2v) is 8.08. The van der Waals surface area contributed by atoms with Crippen LogP contribution in [0.2, 0.25) is 0 Å². The van der Waals surface area contributed by atoms with Gasteiger partial charge in [-0.05, 0) is 25.0 Å². The smallest absolute Gasteiger partial charge is 0.284 e. The van der Waals surface area contributed by atoms with Crippen LogP contribution in [0.15, 0.2) is 23.6 Å². The Labute approximate surface area is 146 Å². The standard InChI is InChI=1S/C15H14F2N2O4S2/c16-10-3-1-4-11(17)9(10)8-25(21,22)19-14(20)12-7-24-15(18-12)13-5-2-6-23-13/h1,3-4,7,13H,2,5-6,8H2,(H,19,20). The Morgan fingerprint density at radius 3 is 2.72 bits per heavy atom. The number of halogens is 2. The van der Waals surface area contributed by atoms with Gasteiger partial charge in [0.1, 0.15) is 34.2 Å². The van der Waals surface area contributed by atoms with Crippen LogP contribution in [0.25, 0.3) is 0 Å². The second-order valence-electron chi connectivity index (χ2n) is 5.46. The van der Waals surface area contributed by atoms with Crippen molar-refractivity contribution in [2.24, 2.45) is 0 Å². The molecule has 2 aromatic rings. The third-order valence-electron chi connectivity index (χ3n) is 3.60. The molecule has 0 aliphatic carbocycles. The minimum atomic E-state index is -4.28. The summed E-state index contributed by atoms with van der Waals surface area (Å²) in [6.07, 6.45) is 1.50. The van der Waals surface area contributed by atoms with Gasteiger partial charge in [-0.2, -0.15) is 0 Å². The van der Waals surface area contributed by atoms with E-state index in [1.165, 1.54) is 16.7 Å². The Bertz CT molecular complexity index is 872. The molecule has 0 bridgehead atoms. The summed E-state index contributed by atoms with van der Waals surface area (Å²) in [5, 5.41) is 2.02. The van der Waals surface area contributed by atoms with E-state index in [9.17, 15) is 22.0 Å². The molecular formula is C15H14F2N2O4S2. The fraction of sp³-hybridized carbons (Fsp3) is 0.333. The van der Waals surface area contributed by atoms with Gasteiger partial charge in [-0.1, -0.05) is 6.07 Å². The predicted molar refractivity (Wildman–Crippen MR) is 86.5 cm³/mol. The number of rotatable bonds is 5. The monoisotopic (exact) mass is 388 g/mol. The zero-order valence-electron chi connectivity index (χ0n) is 12.9. The first-order valence-electron chi connectivity index (χ1n) is 7.40. The lowest BCUT2D eigenvalue weighted by Crippen LogP contribution is -2.32. The molecule has 10 heteroatoms. The Kier molecular flexibility index (Phi) is 5.11. The van der Waals surface area contributed by atoms with Crippen LogP contribution in [0, 0.1) is 11.6 Å². The quantitative estimate of drug-likeness (QED) is 0.851. The molecule has 1 saturated heterocycles. The zero-order valence-corrected chi connectivity index (χ0v) is 14.5. The van der Waals surface area contributed by atoms with Crippen LogP contribution in [0.5, 0.6) is 0 Å². The van der Waals surface area contributed by atoms with Gasteiger partial charge < -0.3 is 4.74 Å². The average Bonchev–Trinajstić information content (AvgIpc) is 3.21. The van der Waals surface area contributed by atoms with Crippen LogP contribution >= 0.6 is 11.3 Å². The molecule has 1 aliphatic heterocycles. The molecule has 1 aromatic carbocycles. The molecular weight excluding hydrogens is 374 g/mol. The van der Waals surface area contributed by atoms with Gasteiger partial charge in [0.05, 0.1) is 0 Å². The van der Waals surface area contributed by atoms with E-state index >= 15 is 0 Å². The van der Waals surface area contributed by atoms with Crippen molar-refractivity contribution >= 4 is 27.3 Å². The summed E-state index contributed by atoms with van der Waals surface area (Å²) < 4.78 is 58.5. The Morgan fingerprint density at radius 1 is 1.36 bits per heavy atom. The molecule has 1 unspecified atom stereocenters. The van der Waals surface area contributed by atoms with Gasteiger partial charge in [-0.3, -0.25) is 4.79 Å². The molecule has 3 rings (SSSR count). The third-order valence-corrected chi connectivity index (χ3v) is 5.71. The fourth-order valence-electron chi connectivity index (χ4n) is 2.40. The molecule has 6 nitrogen and oxygen atoms in total. The Hall–Kier alpha value is -1.91. The Balaban J connectivity index is 1.71. The van der Waals surface area contributed by atoms with Crippen LogP contribution in [0.4, 0.5) is 8.78 Å². The van der Waals surface area contributed by atoms with Gasteiger partial charge in [0.15, 0.2) is 0 Å². The lowest BCUT2D eigenvalue weighted by molar-refractivity contribution is 0.0973. The van der Waals surface area contributed by atoms with Gasteiger partial charge in [0, 0.05) is 17.6 Å². The normalized spacial score (nSPS) is 17.6. The highest BCUT2D eigenvalue weighted by Gasteiger charge is 2.25. The van der Waals surface area contributed by atoms with Crippen molar-refractivity contribution in [3.05, 3.63) is 51.5 Å². The van der Waals surface area contributed by atoms with E-state index < -0.39 is 38.9 Å². The number of ether oxygens (including phenoxy) is 1. The highest BCUT2D eigenvalue weighted by Crippen LogP contribution is 2.30. The summed E-state index contributed by atoms with van der Waals surface area (Å²) in [5.41, 5.74) is -0.700. The minimum Gasteiger partial charge on any atom is -0.371 e. The van der Waals surface area contributed by atoms with Crippen molar-refractivity contribution in [3.63, 3.8) is 0 Å². The van der Waals surface area contributed by atoms with Gasteiger partial charge >= 0.3 is 0 Å². The molecule has 0 radical (unpaired) electrons. The van der Waals surface area contributed by atoms with Gasteiger partial charge in [0.2, 0.25) is 10.0 Å². The summed E-state index contributed by atoms with van der Waals surface area (Å²) in [4.78, 5) is 16.2. The summed E-state index contributed by atoms with van der Waals surface area (Å²) in [6.45, 7) is 0.619. The maximum atomic E-state index is 13.6. The third kappa shape index (κ3) is 4.20. The van der Waals surface area contributed by atoms with Crippen molar-refractivity contribution in [1.29, 1.82) is 0 Å². The van der Waals surface area contributed by atoms with Crippen molar-refractivity contribution in [1.82, 2.24) is 9.71 Å². The molecule has 1 fully saturated rings. The summed E-state index contributed by atoms with van der Waals surface area (Å²) >= 11 is 1.20. The largest absolute Gasteiger partial charge is 0.371 e. The summed E-state index contributed by atoms with van der Waals surface area (Å²) in [6, 6.07) is 3.02. The van der Waals surface area contributed by atoms with Crippen LogP contribution in [-0.4, -0.2) is 25.9 Å². The van der Waals surface area contributed by atoms with E-state index in [0.717, 1.165) is 31.0 Å². The molecule has 1 atom stereocenters. The number of benzene rings is 1. The van der Waals surface area contributed by atoms with Crippen LogP contribution in [-0.2, 0) is 20.5 Å². The molecule has 1 aliphatic rings. The number of carbonyl (C=O) groups is 1. The lowest BCUT2D eigenvalue weighted by Gasteiger charge is -2.07. The first kappa shape index (κ1) is 17.9. The van der Waals surface area contributed by atoms with Crippen molar-refractivity contribution < 1.29 is 26.7 Å². The van der Waals surface area contributed by atoms with E-state index in [1.807, 2.05) is 0 Å². The first-order valence-corrected chi connectivity index (χ1v) is 9.93. The topological polar surface area (TPSA) is 85.4 Å². The predicted octanol–water partition coefficient (Wildman–Crippen LogP) is 2.53. The average molecular weight is 388 g/mol. The number of thiazole rings is 1. The van der Waals surface area contributed by atoms with E-state index in [0.29, 0.717) is 11.6 Å². The second kappa shape index (κ2) is 7.14. The molecule has 1 amide bonds. The van der Waals surface area contributed by atoms with Crippen molar-refractivity contribution in [3.8, 4) is 0 Å². The number of nitrogens with one attached hydrogen (secondary N) is 1. The van der Waals surface area contributed by atoms with Gasteiger partial charge in [-0.25, -0.2) is 26.9 Å². The number of nitrogens with zero attached hydrogens (tertiary/aromatic N) is 1. The van der Waals surface area contributed by atoms with Crippen molar-refractivity contribution in [2.75, 3.05) is 6.61 Å².